The van der Waals surface area contributed by atoms with Crippen molar-refractivity contribution >= 4 is 27.9 Å². The molecule has 2 aromatic rings. The van der Waals surface area contributed by atoms with Crippen molar-refractivity contribution in [3.8, 4) is 5.88 Å². The number of sulfonamides is 1. The maximum atomic E-state index is 13.4. The Balaban J connectivity index is 2.74. The predicted molar refractivity (Wildman–Crippen MR) is 98.0 cm³/mol. The molecule has 0 aromatic carbocycles. The fourth-order valence-corrected chi connectivity index (χ4v) is 3.83. The number of hydrogen-bond donors (Lipinski definition) is 2. The van der Waals surface area contributed by atoms with Crippen molar-refractivity contribution in [3.05, 3.63) is 23.5 Å². The fraction of sp³-hybridized carbons (Fsp3) is 0.357. The number of guanidine groups is 1. The molecule has 28 heavy (non-hydrogen) atoms. The van der Waals surface area contributed by atoms with E-state index >= 15 is 0 Å². The average Bonchev–Trinajstić information content (AvgIpc) is 3.03. The van der Waals surface area contributed by atoms with Crippen LogP contribution >= 0.6 is 0 Å². The van der Waals surface area contributed by atoms with Crippen LogP contribution < -0.4 is 20.6 Å². The van der Waals surface area contributed by atoms with E-state index in [0.29, 0.717) is 10.00 Å². The number of hydrazone groups is 1. The molecule has 2 aromatic heterocycles. The minimum absolute atomic E-state index is 0.0432. The molecule has 0 saturated heterocycles. The number of carbonyl (C=O) groups is 1. The van der Waals surface area contributed by atoms with Gasteiger partial charge in [0.25, 0.3) is 16.0 Å². The van der Waals surface area contributed by atoms with Crippen molar-refractivity contribution in [2.75, 3.05) is 18.0 Å². The lowest BCUT2D eigenvalue weighted by Crippen LogP contribution is -2.45. The van der Waals surface area contributed by atoms with Gasteiger partial charge < -0.3 is 21.1 Å². The van der Waals surface area contributed by atoms with Crippen molar-refractivity contribution in [1.82, 2.24) is 19.7 Å². The van der Waals surface area contributed by atoms with Crippen LogP contribution in [0.5, 0.6) is 5.88 Å². The lowest BCUT2D eigenvalue weighted by Gasteiger charge is -2.21. The summed E-state index contributed by atoms with van der Waals surface area (Å²) in [5.74, 6) is 3.41. The van der Waals surface area contributed by atoms with Crippen LogP contribution in [0.4, 0.5) is 5.95 Å². The molecule has 0 saturated carbocycles. The van der Waals surface area contributed by atoms with Gasteiger partial charge in [0.15, 0.2) is 5.03 Å². The van der Waals surface area contributed by atoms with E-state index in [2.05, 4.69) is 20.2 Å². The molecule has 2 rings (SSSR count). The smallest absolute Gasteiger partial charge is 0.342 e. The van der Waals surface area contributed by atoms with Gasteiger partial charge in [-0.2, -0.15) is 22.8 Å². The van der Waals surface area contributed by atoms with Crippen molar-refractivity contribution in [3.63, 3.8) is 0 Å². The molecule has 0 spiro atoms. The number of nitrogens with two attached hydrogens (primary N) is 2. The third-order valence-electron chi connectivity index (χ3n) is 3.41. The SMILES string of the molecule is CCOC(=O)c1cnn(C)c1S(=O)(=O)N(C(N)=NN)c1nc(C)cc(OC)n1. The van der Waals surface area contributed by atoms with Gasteiger partial charge in [-0.05, 0) is 13.8 Å². The normalized spacial score (nSPS) is 11.9. The Morgan fingerprint density at radius 3 is 2.64 bits per heavy atom. The zero-order valence-electron chi connectivity index (χ0n) is 15.6. The molecule has 152 valence electrons. The van der Waals surface area contributed by atoms with E-state index in [9.17, 15) is 13.2 Å². The lowest BCUT2D eigenvalue weighted by molar-refractivity contribution is 0.0521. The third kappa shape index (κ3) is 3.80. The van der Waals surface area contributed by atoms with Crippen molar-refractivity contribution in [2.45, 2.75) is 18.9 Å². The summed E-state index contributed by atoms with van der Waals surface area (Å²) in [4.78, 5) is 20.2. The van der Waals surface area contributed by atoms with Crippen LogP contribution in [0.2, 0.25) is 0 Å². The summed E-state index contributed by atoms with van der Waals surface area (Å²) in [5.41, 5.74) is 5.82. The van der Waals surface area contributed by atoms with Gasteiger partial charge in [-0.1, -0.05) is 0 Å². The number of esters is 1. The highest BCUT2D eigenvalue weighted by Gasteiger charge is 2.37. The largest absolute Gasteiger partial charge is 0.481 e. The molecule has 0 bridgehead atoms. The van der Waals surface area contributed by atoms with E-state index in [-0.39, 0.29) is 24.0 Å². The highest BCUT2D eigenvalue weighted by Crippen LogP contribution is 2.25. The molecule has 14 heteroatoms. The van der Waals surface area contributed by atoms with Crippen molar-refractivity contribution < 1.29 is 22.7 Å². The second kappa shape index (κ2) is 8.08. The van der Waals surface area contributed by atoms with E-state index in [1.165, 1.54) is 20.2 Å². The van der Waals surface area contributed by atoms with Crippen molar-refractivity contribution in [2.24, 2.45) is 23.7 Å². The minimum Gasteiger partial charge on any atom is -0.481 e. The zero-order valence-corrected chi connectivity index (χ0v) is 16.5. The van der Waals surface area contributed by atoms with Crippen LogP contribution in [0, 0.1) is 6.92 Å². The quantitative estimate of drug-likeness (QED) is 0.198. The van der Waals surface area contributed by atoms with E-state index in [0.717, 1.165) is 10.9 Å². The van der Waals surface area contributed by atoms with Gasteiger partial charge in [-0.25, -0.2) is 9.78 Å². The highest BCUT2D eigenvalue weighted by molar-refractivity contribution is 7.93. The van der Waals surface area contributed by atoms with Gasteiger partial charge >= 0.3 is 5.97 Å². The van der Waals surface area contributed by atoms with Crippen molar-refractivity contribution in [1.29, 1.82) is 0 Å². The first kappa shape index (κ1) is 20.9. The van der Waals surface area contributed by atoms with Gasteiger partial charge in [0, 0.05) is 18.8 Å². The number of ether oxygens (including phenoxy) is 2. The Hall–Kier alpha value is -3.42. The molecular weight excluding hydrogens is 392 g/mol. The first-order valence-electron chi connectivity index (χ1n) is 7.84. The van der Waals surface area contributed by atoms with Gasteiger partial charge in [0.1, 0.15) is 5.56 Å². The molecule has 0 radical (unpaired) electrons. The zero-order chi connectivity index (χ0) is 21.1. The summed E-state index contributed by atoms with van der Waals surface area (Å²) in [6.07, 6.45) is 1.07. The van der Waals surface area contributed by atoms with E-state index in [1.807, 2.05) is 0 Å². The topological polar surface area (TPSA) is 181 Å². The van der Waals surface area contributed by atoms with E-state index < -0.39 is 27.0 Å². The number of rotatable bonds is 6. The highest BCUT2D eigenvalue weighted by atomic mass is 32.2. The average molecular weight is 412 g/mol. The lowest BCUT2D eigenvalue weighted by atomic mass is 10.4. The standard InChI is InChI=1S/C14H20N8O5S/c1-5-27-12(23)9-7-17-21(3)11(9)28(24,25)22(13(15)20-16)14-18-8(2)6-10(19-14)26-4/h6-7H,5,16H2,1-4H3,(H2,15,20). The van der Waals surface area contributed by atoms with E-state index in [4.69, 9.17) is 21.1 Å². The molecule has 0 aliphatic carbocycles. The second-order valence-electron chi connectivity index (χ2n) is 5.32. The molecule has 4 N–H and O–H groups in total. The molecule has 0 fully saturated rings. The van der Waals surface area contributed by atoms with Gasteiger partial charge in [-0.3, -0.25) is 4.68 Å². The van der Waals surface area contributed by atoms with Gasteiger partial charge in [0.2, 0.25) is 11.8 Å². The third-order valence-corrected chi connectivity index (χ3v) is 5.22. The Morgan fingerprint density at radius 2 is 2.07 bits per heavy atom. The Labute approximate surface area is 161 Å². The van der Waals surface area contributed by atoms with Crippen LogP contribution in [0.3, 0.4) is 0 Å². The maximum Gasteiger partial charge on any atom is 0.342 e. The summed E-state index contributed by atoms with van der Waals surface area (Å²) in [5, 5.41) is 6.57. The second-order valence-corrected chi connectivity index (χ2v) is 7.02. The summed E-state index contributed by atoms with van der Waals surface area (Å²) in [7, 11) is -1.89. The Kier molecular flexibility index (Phi) is 6.03. The Bertz CT molecular complexity index is 1020. The molecule has 0 unspecified atom stereocenters. The summed E-state index contributed by atoms with van der Waals surface area (Å²) >= 11 is 0. The molecule has 0 atom stereocenters. The fourth-order valence-electron chi connectivity index (χ4n) is 2.27. The molecule has 0 aliphatic heterocycles. The van der Waals surface area contributed by atoms with Crippen LogP contribution in [-0.2, 0) is 21.8 Å². The number of aromatic nitrogens is 4. The minimum atomic E-state index is -4.57. The van der Waals surface area contributed by atoms with Crippen LogP contribution in [0.15, 0.2) is 22.4 Å². The first-order valence-corrected chi connectivity index (χ1v) is 9.28. The van der Waals surface area contributed by atoms with Gasteiger partial charge in [-0.15, -0.1) is 5.10 Å². The maximum absolute atomic E-state index is 13.4. The van der Waals surface area contributed by atoms with Gasteiger partial charge in [0.05, 0.1) is 19.9 Å². The number of nitrogens with zero attached hydrogens (tertiary/aromatic N) is 6. The number of hydrogen-bond acceptors (Lipinski definition) is 10. The van der Waals surface area contributed by atoms with E-state index in [1.54, 1.807) is 13.8 Å². The number of anilines is 1. The van der Waals surface area contributed by atoms with Crippen LogP contribution in [-0.4, -0.2) is 53.8 Å². The number of aryl methyl sites for hydroxylation is 2. The summed E-state index contributed by atoms with van der Waals surface area (Å²) < 4.78 is 38.2. The van der Waals surface area contributed by atoms with Crippen LogP contribution in [0.1, 0.15) is 23.0 Å². The molecule has 2 heterocycles. The Morgan fingerprint density at radius 1 is 1.39 bits per heavy atom. The summed E-state index contributed by atoms with van der Waals surface area (Å²) in [6.45, 7) is 3.23. The number of carbonyl (C=O) groups excluding carboxylic acids is 1. The first-order chi connectivity index (χ1) is 13.2. The predicted octanol–water partition coefficient (Wildman–Crippen LogP) is -0.912. The molecule has 0 aliphatic rings. The monoisotopic (exact) mass is 412 g/mol. The number of methoxy groups -OCH3 is 1. The molecular formula is C14H20N8O5S. The van der Waals surface area contributed by atoms with Crippen LogP contribution in [0.25, 0.3) is 0 Å². The summed E-state index contributed by atoms with van der Waals surface area (Å²) in [6, 6.07) is 1.48. The molecule has 0 amide bonds. The molecule has 13 nitrogen and oxygen atoms in total.